The van der Waals surface area contributed by atoms with Crippen LogP contribution in [0.5, 0.6) is 0 Å². The van der Waals surface area contributed by atoms with Crippen LogP contribution in [0.4, 0.5) is 0 Å². The van der Waals surface area contributed by atoms with Crippen LogP contribution in [-0.4, -0.2) is 34.9 Å². The molecule has 1 amide bonds. The Morgan fingerprint density at radius 3 is 1.02 bits per heavy atom. The van der Waals surface area contributed by atoms with Crippen LogP contribution in [-0.2, 0) is 4.79 Å². The fourth-order valence-electron chi connectivity index (χ4n) is 8.10. The molecule has 0 saturated heterocycles. The van der Waals surface area contributed by atoms with Crippen molar-refractivity contribution >= 4 is 5.91 Å². The minimum Gasteiger partial charge on any atom is -0.394 e. The molecule has 65 heavy (non-hydrogen) atoms. The molecule has 0 saturated carbocycles. The van der Waals surface area contributed by atoms with E-state index in [1.807, 2.05) is 6.08 Å². The number of rotatable bonds is 50. The monoisotopic (exact) mass is 902 g/mol. The molecule has 0 aromatic heterocycles. The van der Waals surface area contributed by atoms with Crippen LogP contribution in [0.3, 0.4) is 0 Å². The molecular weight excluding hydrogens is 795 g/mol. The van der Waals surface area contributed by atoms with Gasteiger partial charge in [0.15, 0.2) is 0 Å². The van der Waals surface area contributed by atoms with E-state index in [-0.39, 0.29) is 12.5 Å². The number of aliphatic hydroxyl groups is 2. The standard InChI is InChI=1S/C61H107NO3/c1-3-5-7-9-11-13-15-17-19-21-23-25-27-29-30-31-33-34-36-38-40-42-44-46-48-50-52-54-56-60(64)59(58-63)62-61(65)57-55-53-51-49-47-45-43-41-39-37-35-32-28-26-24-22-20-18-16-14-12-10-8-6-4-2/h6,8,12,14,18,20,24,26,32,35,39,41,45,47,54,56,59-60,63-64H,3-5,7,9-11,13,15-17,19,21-23,25,27-31,33-34,36-38,40,42-44,46,48-53,55,57-58H2,1-2H3,(H,62,65)/b8-6-,14-12-,20-18-,26-24-,35-32-,41-39-,47-45-,56-54+. The number of unbranched alkanes of at least 4 members (excludes halogenated alkanes) is 29. The lowest BCUT2D eigenvalue weighted by molar-refractivity contribution is -0.123. The highest BCUT2D eigenvalue weighted by molar-refractivity contribution is 5.76. The second-order valence-corrected chi connectivity index (χ2v) is 18.6. The van der Waals surface area contributed by atoms with Crippen molar-refractivity contribution in [1.82, 2.24) is 5.32 Å². The number of allylic oxidation sites excluding steroid dienone is 15. The Morgan fingerprint density at radius 2 is 0.677 bits per heavy atom. The van der Waals surface area contributed by atoms with E-state index in [1.54, 1.807) is 6.08 Å². The summed E-state index contributed by atoms with van der Waals surface area (Å²) in [5.74, 6) is -0.0971. The van der Waals surface area contributed by atoms with Gasteiger partial charge >= 0.3 is 0 Å². The van der Waals surface area contributed by atoms with Crippen molar-refractivity contribution in [1.29, 1.82) is 0 Å². The van der Waals surface area contributed by atoms with Crippen molar-refractivity contribution in [3.8, 4) is 0 Å². The Balaban J connectivity index is 3.60. The molecule has 0 aliphatic rings. The minimum atomic E-state index is -0.862. The highest BCUT2D eigenvalue weighted by Gasteiger charge is 2.18. The third-order valence-electron chi connectivity index (χ3n) is 12.3. The lowest BCUT2D eigenvalue weighted by Crippen LogP contribution is -2.45. The first-order chi connectivity index (χ1) is 32.2. The lowest BCUT2D eigenvalue weighted by Gasteiger charge is -2.19. The maximum atomic E-state index is 12.5. The smallest absolute Gasteiger partial charge is 0.220 e. The number of nitrogens with one attached hydrogen (secondary N) is 1. The third kappa shape index (κ3) is 52.1. The predicted octanol–water partition coefficient (Wildman–Crippen LogP) is 18.5. The summed E-state index contributed by atoms with van der Waals surface area (Å²) in [7, 11) is 0. The average Bonchev–Trinajstić information content (AvgIpc) is 3.31. The summed E-state index contributed by atoms with van der Waals surface area (Å²) in [6, 6.07) is -0.648. The summed E-state index contributed by atoms with van der Waals surface area (Å²) >= 11 is 0. The van der Waals surface area contributed by atoms with Crippen LogP contribution in [0, 0.1) is 0 Å². The van der Waals surface area contributed by atoms with Gasteiger partial charge in [-0.15, -0.1) is 0 Å². The summed E-state index contributed by atoms with van der Waals surface area (Å²) in [6.07, 6.45) is 82.8. The first kappa shape index (κ1) is 62.3. The topological polar surface area (TPSA) is 69.6 Å². The van der Waals surface area contributed by atoms with Crippen molar-refractivity contribution in [2.45, 2.75) is 276 Å². The van der Waals surface area contributed by atoms with Crippen molar-refractivity contribution in [3.05, 3.63) is 97.2 Å². The molecule has 0 rings (SSSR count). The molecule has 3 N–H and O–H groups in total. The van der Waals surface area contributed by atoms with Gasteiger partial charge in [0, 0.05) is 6.42 Å². The number of hydrogen-bond donors (Lipinski definition) is 3. The normalized spacial score (nSPS) is 13.6. The van der Waals surface area contributed by atoms with E-state index < -0.39 is 12.1 Å². The molecule has 0 bridgehead atoms. The molecule has 4 heteroatoms. The zero-order valence-electron chi connectivity index (χ0n) is 43.0. The van der Waals surface area contributed by atoms with E-state index >= 15 is 0 Å². The van der Waals surface area contributed by atoms with E-state index in [2.05, 4.69) is 104 Å². The zero-order valence-corrected chi connectivity index (χ0v) is 43.0. The van der Waals surface area contributed by atoms with Gasteiger partial charge in [-0.1, -0.05) is 278 Å². The third-order valence-corrected chi connectivity index (χ3v) is 12.3. The molecule has 0 heterocycles. The summed E-state index contributed by atoms with van der Waals surface area (Å²) < 4.78 is 0. The first-order valence-corrected chi connectivity index (χ1v) is 28.0. The van der Waals surface area contributed by atoms with Crippen molar-refractivity contribution in [2.24, 2.45) is 0 Å². The summed E-state index contributed by atoms with van der Waals surface area (Å²) in [5, 5.41) is 23.2. The molecule has 0 radical (unpaired) electrons. The number of carbonyl (C=O) groups excluding carboxylic acids is 1. The molecule has 2 atom stereocenters. The second kappa shape index (κ2) is 55.6. The summed E-state index contributed by atoms with van der Waals surface area (Å²) in [5.41, 5.74) is 0. The average molecular weight is 903 g/mol. The van der Waals surface area contributed by atoms with E-state index in [9.17, 15) is 15.0 Å². The maximum absolute atomic E-state index is 12.5. The van der Waals surface area contributed by atoms with Crippen molar-refractivity contribution < 1.29 is 15.0 Å². The van der Waals surface area contributed by atoms with Gasteiger partial charge < -0.3 is 15.5 Å². The molecule has 0 fully saturated rings. The number of amides is 1. The van der Waals surface area contributed by atoms with Crippen molar-refractivity contribution in [2.75, 3.05) is 6.61 Å². The van der Waals surface area contributed by atoms with Crippen LogP contribution in [0.15, 0.2) is 97.2 Å². The first-order valence-electron chi connectivity index (χ1n) is 28.0. The van der Waals surface area contributed by atoms with Crippen LogP contribution in [0.2, 0.25) is 0 Å². The Morgan fingerprint density at radius 1 is 0.385 bits per heavy atom. The minimum absolute atomic E-state index is 0.0971. The predicted molar refractivity (Wildman–Crippen MR) is 290 cm³/mol. The molecule has 0 aliphatic heterocycles. The van der Waals surface area contributed by atoms with Gasteiger partial charge in [0.1, 0.15) is 0 Å². The highest BCUT2D eigenvalue weighted by atomic mass is 16.3. The van der Waals surface area contributed by atoms with E-state index in [0.717, 1.165) is 83.5 Å². The highest BCUT2D eigenvalue weighted by Crippen LogP contribution is 2.16. The molecule has 0 spiro atoms. The Bertz CT molecular complexity index is 1210. The van der Waals surface area contributed by atoms with E-state index in [1.165, 1.54) is 161 Å². The van der Waals surface area contributed by atoms with Gasteiger partial charge in [0.25, 0.3) is 0 Å². The number of carbonyl (C=O) groups is 1. The van der Waals surface area contributed by atoms with E-state index in [0.29, 0.717) is 6.42 Å². The van der Waals surface area contributed by atoms with Gasteiger partial charge in [-0.05, 0) is 77.0 Å². The molecule has 374 valence electrons. The van der Waals surface area contributed by atoms with Gasteiger partial charge in [-0.2, -0.15) is 0 Å². The Hall–Kier alpha value is -2.69. The fourth-order valence-corrected chi connectivity index (χ4v) is 8.10. The van der Waals surface area contributed by atoms with Gasteiger partial charge in [0.05, 0.1) is 18.8 Å². The second-order valence-electron chi connectivity index (χ2n) is 18.6. The van der Waals surface area contributed by atoms with Gasteiger partial charge in [-0.3, -0.25) is 4.79 Å². The van der Waals surface area contributed by atoms with Crippen LogP contribution in [0.25, 0.3) is 0 Å². The Labute approximate surface area is 404 Å². The van der Waals surface area contributed by atoms with Crippen molar-refractivity contribution in [3.63, 3.8) is 0 Å². The van der Waals surface area contributed by atoms with Crippen LogP contribution >= 0.6 is 0 Å². The fraction of sp³-hybridized carbons (Fsp3) is 0.721. The molecule has 0 aromatic rings. The molecule has 4 nitrogen and oxygen atoms in total. The summed E-state index contributed by atoms with van der Waals surface area (Å²) in [4.78, 5) is 12.5. The summed E-state index contributed by atoms with van der Waals surface area (Å²) in [6.45, 7) is 4.19. The molecule has 2 unspecified atom stereocenters. The largest absolute Gasteiger partial charge is 0.394 e. The molecular formula is C61H107NO3. The SMILES string of the molecule is CC/C=C\C/C=C\C/C=C\C/C=C\C/C=C\C/C=C\C/C=C\CCCCCC(=O)NC(CO)C(O)/C=C/CCCCCCCCCCCCCCCCCCCCCCCCCCCC. The quantitative estimate of drug-likeness (QED) is 0.0421. The lowest BCUT2D eigenvalue weighted by atomic mass is 10.0. The number of aliphatic hydroxyl groups excluding tert-OH is 2. The molecule has 0 aromatic carbocycles. The Kier molecular flexibility index (Phi) is 53.3. The maximum Gasteiger partial charge on any atom is 0.220 e. The van der Waals surface area contributed by atoms with Gasteiger partial charge in [0.2, 0.25) is 5.91 Å². The number of hydrogen-bond acceptors (Lipinski definition) is 3. The van der Waals surface area contributed by atoms with E-state index in [4.69, 9.17) is 0 Å². The molecule has 0 aliphatic carbocycles. The van der Waals surface area contributed by atoms with Crippen LogP contribution < -0.4 is 5.32 Å². The van der Waals surface area contributed by atoms with Gasteiger partial charge in [-0.25, -0.2) is 0 Å². The van der Waals surface area contributed by atoms with Crippen LogP contribution in [0.1, 0.15) is 264 Å². The zero-order chi connectivity index (χ0) is 47.0.